The maximum absolute atomic E-state index is 5.94. The average Bonchev–Trinajstić information content (AvgIpc) is 2.40. The van der Waals surface area contributed by atoms with Crippen molar-refractivity contribution < 1.29 is 4.74 Å². The van der Waals surface area contributed by atoms with Gasteiger partial charge in [0.15, 0.2) is 0 Å². The number of hydrogen-bond acceptors (Lipinski definition) is 3. The van der Waals surface area contributed by atoms with Gasteiger partial charge in [0, 0.05) is 19.1 Å². The van der Waals surface area contributed by atoms with E-state index in [4.69, 9.17) is 4.74 Å². The fourth-order valence-electron chi connectivity index (χ4n) is 3.81. The number of nitrogens with zero attached hydrogens (tertiary/aromatic N) is 1. The number of nitrogens with one attached hydrogen (secondary N) is 1. The summed E-state index contributed by atoms with van der Waals surface area (Å²) in [7, 11) is 0. The molecule has 1 aliphatic carbocycles. The normalized spacial score (nSPS) is 39.9. The van der Waals surface area contributed by atoms with Gasteiger partial charge < -0.3 is 10.1 Å². The van der Waals surface area contributed by atoms with Crippen molar-refractivity contribution in [3.8, 4) is 0 Å². The average molecular weight is 238 g/mol. The van der Waals surface area contributed by atoms with Gasteiger partial charge in [0.25, 0.3) is 0 Å². The molecule has 3 atom stereocenters. The van der Waals surface area contributed by atoms with Gasteiger partial charge in [-0.25, -0.2) is 0 Å². The molecule has 17 heavy (non-hydrogen) atoms. The second-order valence-electron chi connectivity index (χ2n) is 5.97. The Morgan fingerprint density at radius 1 is 1.12 bits per heavy atom. The van der Waals surface area contributed by atoms with Crippen LogP contribution in [-0.2, 0) is 4.74 Å². The SMILES string of the molecule is C1CNCC(CN2CCOC3CCCCC32)C1. The second kappa shape index (κ2) is 5.68. The van der Waals surface area contributed by atoms with Crippen molar-refractivity contribution in [1.29, 1.82) is 0 Å². The van der Waals surface area contributed by atoms with E-state index in [2.05, 4.69) is 10.2 Å². The number of rotatable bonds is 2. The lowest BCUT2D eigenvalue weighted by Crippen LogP contribution is -2.54. The highest BCUT2D eigenvalue weighted by atomic mass is 16.5. The van der Waals surface area contributed by atoms with Crippen molar-refractivity contribution in [3.05, 3.63) is 0 Å². The summed E-state index contributed by atoms with van der Waals surface area (Å²) >= 11 is 0. The highest BCUT2D eigenvalue weighted by Gasteiger charge is 2.34. The first kappa shape index (κ1) is 11.9. The highest BCUT2D eigenvalue weighted by molar-refractivity contribution is 4.88. The molecule has 1 saturated carbocycles. The molecule has 3 unspecified atom stereocenters. The van der Waals surface area contributed by atoms with Crippen LogP contribution in [0.25, 0.3) is 0 Å². The summed E-state index contributed by atoms with van der Waals surface area (Å²) in [5, 5.41) is 3.54. The molecule has 0 aromatic carbocycles. The van der Waals surface area contributed by atoms with Crippen LogP contribution in [0.3, 0.4) is 0 Å². The van der Waals surface area contributed by atoms with Crippen molar-refractivity contribution >= 4 is 0 Å². The van der Waals surface area contributed by atoms with E-state index in [0.717, 1.165) is 25.1 Å². The Labute approximate surface area is 105 Å². The first-order valence-electron chi connectivity index (χ1n) is 7.50. The van der Waals surface area contributed by atoms with Crippen LogP contribution in [0, 0.1) is 5.92 Å². The molecule has 98 valence electrons. The van der Waals surface area contributed by atoms with Gasteiger partial charge in [0.1, 0.15) is 0 Å². The Morgan fingerprint density at radius 3 is 2.94 bits per heavy atom. The molecule has 2 heterocycles. The molecular formula is C14H26N2O. The van der Waals surface area contributed by atoms with Crippen LogP contribution in [0.4, 0.5) is 0 Å². The van der Waals surface area contributed by atoms with Crippen LogP contribution in [-0.4, -0.2) is 49.8 Å². The zero-order chi connectivity index (χ0) is 11.5. The summed E-state index contributed by atoms with van der Waals surface area (Å²) in [5.41, 5.74) is 0. The highest BCUT2D eigenvalue weighted by Crippen LogP contribution is 2.29. The largest absolute Gasteiger partial charge is 0.375 e. The summed E-state index contributed by atoms with van der Waals surface area (Å²) in [5.74, 6) is 0.879. The van der Waals surface area contributed by atoms with E-state index in [1.807, 2.05) is 0 Å². The van der Waals surface area contributed by atoms with Gasteiger partial charge >= 0.3 is 0 Å². The van der Waals surface area contributed by atoms with Crippen molar-refractivity contribution in [2.45, 2.75) is 50.7 Å². The van der Waals surface area contributed by atoms with Crippen LogP contribution in [0.1, 0.15) is 38.5 Å². The Bertz CT molecular complexity index is 238. The van der Waals surface area contributed by atoms with Crippen LogP contribution >= 0.6 is 0 Å². The number of ether oxygens (including phenoxy) is 1. The fraction of sp³-hybridized carbons (Fsp3) is 1.00. The van der Waals surface area contributed by atoms with Crippen molar-refractivity contribution in [2.24, 2.45) is 5.92 Å². The molecule has 0 aromatic heterocycles. The Kier molecular flexibility index (Phi) is 3.99. The molecule has 0 spiro atoms. The minimum atomic E-state index is 0.550. The standard InChI is InChI=1S/C14H26N2O/c1-2-6-14-13(5-1)16(8-9-17-14)11-12-4-3-7-15-10-12/h12-15H,1-11H2. The first-order valence-corrected chi connectivity index (χ1v) is 7.50. The molecule has 3 rings (SSSR count). The molecule has 0 amide bonds. The number of morpholine rings is 1. The topological polar surface area (TPSA) is 24.5 Å². The third-order valence-electron chi connectivity index (χ3n) is 4.74. The van der Waals surface area contributed by atoms with Gasteiger partial charge in [-0.05, 0) is 44.7 Å². The third kappa shape index (κ3) is 2.83. The molecule has 3 fully saturated rings. The summed E-state index contributed by atoms with van der Waals surface area (Å²) in [6.45, 7) is 5.89. The molecule has 1 N–H and O–H groups in total. The smallest absolute Gasteiger partial charge is 0.0730 e. The van der Waals surface area contributed by atoms with Gasteiger partial charge in [0.2, 0.25) is 0 Å². The van der Waals surface area contributed by atoms with E-state index in [1.165, 1.54) is 58.2 Å². The van der Waals surface area contributed by atoms with Gasteiger partial charge in [-0.2, -0.15) is 0 Å². The van der Waals surface area contributed by atoms with Gasteiger partial charge in [-0.15, -0.1) is 0 Å². The summed E-state index contributed by atoms with van der Waals surface area (Å²) < 4.78 is 5.94. The van der Waals surface area contributed by atoms with Crippen molar-refractivity contribution in [1.82, 2.24) is 10.2 Å². The van der Waals surface area contributed by atoms with E-state index < -0.39 is 0 Å². The molecule has 0 bridgehead atoms. The maximum Gasteiger partial charge on any atom is 0.0730 e. The zero-order valence-electron chi connectivity index (χ0n) is 10.9. The van der Waals surface area contributed by atoms with E-state index >= 15 is 0 Å². The quantitative estimate of drug-likeness (QED) is 0.791. The van der Waals surface area contributed by atoms with Gasteiger partial charge in [0.05, 0.1) is 12.7 Å². The monoisotopic (exact) mass is 238 g/mol. The number of piperidine rings is 1. The maximum atomic E-state index is 5.94. The molecule has 3 aliphatic rings. The van der Waals surface area contributed by atoms with Crippen LogP contribution in [0.2, 0.25) is 0 Å². The lowest BCUT2D eigenvalue weighted by molar-refractivity contribution is -0.0925. The molecule has 0 aromatic rings. The minimum absolute atomic E-state index is 0.550. The second-order valence-corrected chi connectivity index (χ2v) is 5.97. The van der Waals surface area contributed by atoms with Gasteiger partial charge in [-0.3, -0.25) is 4.90 Å². The minimum Gasteiger partial charge on any atom is -0.375 e. The third-order valence-corrected chi connectivity index (χ3v) is 4.74. The predicted octanol–water partition coefficient (Wildman–Crippen LogP) is 1.63. The molecule has 3 nitrogen and oxygen atoms in total. The zero-order valence-corrected chi connectivity index (χ0v) is 10.9. The summed E-state index contributed by atoms with van der Waals surface area (Å²) in [6, 6.07) is 0.736. The summed E-state index contributed by atoms with van der Waals surface area (Å²) in [6.07, 6.45) is 8.78. The summed E-state index contributed by atoms with van der Waals surface area (Å²) in [4.78, 5) is 2.74. The number of hydrogen-bond donors (Lipinski definition) is 1. The lowest BCUT2D eigenvalue weighted by atomic mass is 9.89. The predicted molar refractivity (Wildman–Crippen MR) is 69.2 cm³/mol. The van der Waals surface area contributed by atoms with E-state index in [9.17, 15) is 0 Å². The van der Waals surface area contributed by atoms with Crippen LogP contribution in [0.5, 0.6) is 0 Å². The Balaban J connectivity index is 1.56. The van der Waals surface area contributed by atoms with Crippen LogP contribution < -0.4 is 5.32 Å². The van der Waals surface area contributed by atoms with Gasteiger partial charge in [-0.1, -0.05) is 12.8 Å². The van der Waals surface area contributed by atoms with E-state index in [0.29, 0.717) is 6.10 Å². The van der Waals surface area contributed by atoms with Crippen LogP contribution in [0.15, 0.2) is 0 Å². The number of fused-ring (bicyclic) bond motifs is 1. The lowest BCUT2D eigenvalue weighted by Gasteiger charge is -2.45. The van der Waals surface area contributed by atoms with E-state index in [-0.39, 0.29) is 0 Å². The van der Waals surface area contributed by atoms with Crippen molar-refractivity contribution in [3.63, 3.8) is 0 Å². The fourth-order valence-corrected chi connectivity index (χ4v) is 3.81. The molecule has 0 radical (unpaired) electrons. The molecule has 2 aliphatic heterocycles. The first-order chi connectivity index (χ1) is 8.43. The van der Waals surface area contributed by atoms with Crippen molar-refractivity contribution in [2.75, 3.05) is 32.8 Å². The molecular weight excluding hydrogens is 212 g/mol. The Hall–Kier alpha value is -0.120. The molecule has 3 heteroatoms. The van der Waals surface area contributed by atoms with E-state index in [1.54, 1.807) is 0 Å². The Morgan fingerprint density at radius 2 is 2.06 bits per heavy atom. The molecule has 2 saturated heterocycles.